The highest BCUT2D eigenvalue weighted by molar-refractivity contribution is 5.72. The molecule has 4 fully saturated rings. The van der Waals surface area contributed by atoms with Crippen LogP contribution in [0.25, 0.3) is 0 Å². The highest BCUT2D eigenvalue weighted by atomic mass is 19.4. The van der Waals surface area contributed by atoms with Crippen LogP contribution in [0.2, 0.25) is 0 Å². The number of rotatable bonds is 10. The van der Waals surface area contributed by atoms with Gasteiger partial charge in [-0.3, -0.25) is 0 Å². The second-order valence-electron chi connectivity index (χ2n) is 12.5. The van der Waals surface area contributed by atoms with Gasteiger partial charge in [0.25, 0.3) is 0 Å². The van der Waals surface area contributed by atoms with Crippen LogP contribution in [0.1, 0.15) is 64.7 Å². The average Bonchev–Trinajstić information content (AvgIpc) is 2.97. The van der Waals surface area contributed by atoms with E-state index in [-0.39, 0.29) is 24.7 Å². The van der Waals surface area contributed by atoms with Crippen LogP contribution >= 0.6 is 0 Å². The lowest BCUT2D eigenvalue weighted by atomic mass is 9.85. The van der Waals surface area contributed by atoms with Crippen molar-refractivity contribution in [3.63, 3.8) is 0 Å². The number of aliphatic hydroxyl groups is 6. The summed E-state index contributed by atoms with van der Waals surface area (Å²) < 4.78 is 68.4. The minimum Gasteiger partial charge on any atom is -0.479 e. The van der Waals surface area contributed by atoms with Crippen molar-refractivity contribution >= 4 is 5.97 Å². The van der Waals surface area contributed by atoms with Gasteiger partial charge in [-0.25, -0.2) is 4.79 Å². The molecule has 0 amide bonds. The molecule has 2 heterocycles. The summed E-state index contributed by atoms with van der Waals surface area (Å²) in [6, 6.07) is 0. The predicted octanol–water partition coefficient (Wildman–Crippen LogP) is 0.195. The number of carboxylic acids is 1. The summed E-state index contributed by atoms with van der Waals surface area (Å²) in [4.78, 5) is 12.1. The molecule has 4 rings (SSSR count). The SMILES string of the molecule is C[C@H]1CCC[C@@H](O[C@@H]2O[C@H](CO)[C@H](O)[C@H](O[C@@H](CC3CCCCC3)C(=O)O)[C@H]2O)[C@@H]1O[C@@H]1O[C@@H](C(F)(F)F)[C@@H](O)[C@@H](O)[C@@H]1O. The van der Waals surface area contributed by atoms with E-state index in [0.717, 1.165) is 32.1 Å². The van der Waals surface area contributed by atoms with Crippen LogP contribution in [0.3, 0.4) is 0 Å². The van der Waals surface area contributed by atoms with Crippen LogP contribution in [0, 0.1) is 11.8 Å². The van der Waals surface area contributed by atoms with Crippen LogP contribution in [0.15, 0.2) is 0 Å². The van der Waals surface area contributed by atoms with E-state index in [2.05, 4.69) is 0 Å². The summed E-state index contributed by atoms with van der Waals surface area (Å²) in [6.07, 6.45) is -21.5. The monoisotopic (exact) mass is 646 g/mol. The number of hydrogen-bond donors (Lipinski definition) is 7. The summed E-state index contributed by atoms with van der Waals surface area (Å²) >= 11 is 0. The Hall–Kier alpha value is -1.18. The van der Waals surface area contributed by atoms with E-state index in [0.29, 0.717) is 12.8 Å². The maximum absolute atomic E-state index is 13.5. The van der Waals surface area contributed by atoms with Crippen molar-refractivity contribution in [3.05, 3.63) is 0 Å². The zero-order valence-electron chi connectivity index (χ0n) is 24.4. The quantitative estimate of drug-likeness (QED) is 0.170. The van der Waals surface area contributed by atoms with Crippen LogP contribution in [0.5, 0.6) is 0 Å². The number of hydrogen-bond acceptors (Lipinski definition) is 12. The van der Waals surface area contributed by atoms with Crippen molar-refractivity contribution in [2.24, 2.45) is 11.8 Å². The van der Waals surface area contributed by atoms with Gasteiger partial charge in [0, 0.05) is 0 Å². The molecule has 0 aromatic carbocycles. The number of ether oxygens (including phenoxy) is 5. The minimum absolute atomic E-state index is 0.0928. The molecule has 2 saturated heterocycles. The molecule has 44 heavy (non-hydrogen) atoms. The topological polar surface area (TPSA) is 205 Å². The molecule has 7 N–H and O–H groups in total. The molecule has 0 radical (unpaired) electrons. The third-order valence-electron chi connectivity index (χ3n) is 9.26. The first-order chi connectivity index (χ1) is 20.7. The fourth-order valence-electron chi connectivity index (χ4n) is 6.72. The molecule has 13 nitrogen and oxygen atoms in total. The summed E-state index contributed by atoms with van der Waals surface area (Å²) in [5.41, 5.74) is 0. The lowest BCUT2D eigenvalue weighted by molar-refractivity contribution is -0.374. The minimum atomic E-state index is -5.07. The Morgan fingerprint density at radius 3 is 2.09 bits per heavy atom. The first-order valence-electron chi connectivity index (χ1n) is 15.3. The largest absolute Gasteiger partial charge is 0.479 e. The average molecular weight is 647 g/mol. The number of aliphatic hydroxyl groups excluding tert-OH is 6. The maximum Gasteiger partial charge on any atom is 0.417 e. The Bertz CT molecular complexity index is 922. The maximum atomic E-state index is 13.5. The molecule has 0 spiro atoms. The van der Waals surface area contributed by atoms with E-state index in [1.54, 1.807) is 6.92 Å². The lowest BCUT2D eigenvalue weighted by Gasteiger charge is -2.47. The number of alkyl halides is 3. The first kappa shape index (κ1) is 35.7. The van der Waals surface area contributed by atoms with Crippen molar-refractivity contribution in [1.29, 1.82) is 0 Å². The zero-order valence-corrected chi connectivity index (χ0v) is 24.4. The van der Waals surface area contributed by atoms with Crippen LogP contribution in [-0.2, 0) is 28.5 Å². The van der Waals surface area contributed by atoms with Gasteiger partial charge in [0.05, 0.1) is 18.8 Å². The molecule has 14 atom stereocenters. The predicted molar refractivity (Wildman–Crippen MR) is 141 cm³/mol. The Morgan fingerprint density at radius 1 is 0.818 bits per heavy atom. The number of halogens is 3. The van der Waals surface area contributed by atoms with Crippen LogP contribution in [-0.4, -0.2) is 134 Å². The second kappa shape index (κ2) is 15.2. The van der Waals surface area contributed by atoms with Gasteiger partial charge in [0.15, 0.2) is 24.8 Å². The van der Waals surface area contributed by atoms with Gasteiger partial charge in [-0.05, 0) is 31.1 Å². The van der Waals surface area contributed by atoms with Gasteiger partial charge in [0.2, 0.25) is 0 Å². The van der Waals surface area contributed by atoms with E-state index in [9.17, 15) is 53.7 Å². The Balaban J connectivity index is 1.49. The van der Waals surface area contributed by atoms with Gasteiger partial charge in [0.1, 0.15) is 42.7 Å². The molecule has 4 aliphatic rings. The molecule has 2 aliphatic heterocycles. The summed E-state index contributed by atoms with van der Waals surface area (Å²) in [5.74, 6) is -1.56. The Labute approximate surface area is 252 Å². The smallest absolute Gasteiger partial charge is 0.417 e. The number of aliphatic carboxylic acids is 1. The molecular weight excluding hydrogens is 601 g/mol. The van der Waals surface area contributed by atoms with Gasteiger partial charge >= 0.3 is 12.1 Å². The molecule has 0 aromatic rings. The molecule has 0 aromatic heterocycles. The van der Waals surface area contributed by atoms with Crippen molar-refractivity contribution in [2.45, 2.75) is 151 Å². The van der Waals surface area contributed by atoms with Crippen molar-refractivity contribution in [2.75, 3.05) is 6.61 Å². The van der Waals surface area contributed by atoms with Gasteiger partial charge in [-0.2, -0.15) is 13.2 Å². The highest BCUT2D eigenvalue weighted by Gasteiger charge is 2.57. The summed E-state index contributed by atoms with van der Waals surface area (Å²) in [6.45, 7) is 0.991. The summed E-state index contributed by atoms with van der Waals surface area (Å²) in [7, 11) is 0. The van der Waals surface area contributed by atoms with E-state index in [1.165, 1.54) is 0 Å². The highest BCUT2D eigenvalue weighted by Crippen LogP contribution is 2.38. The normalized spacial score (nSPS) is 43.5. The second-order valence-corrected chi connectivity index (χ2v) is 12.5. The number of carbonyl (C=O) groups is 1. The van der Waals surface area contributed by atoms with E-state index in [4.69, 9.17) is 23.7 Å². The first-order valence-corrected chi connectivity index (χ1v) is 15.3. The third-order valence-corrected chi connectivity index (χ3v) is 9.26. The molecule has 0 bridgehead atoms. The summed E-state index contributed by atoms with van der Waals surface area (Å²) in [5, 5.41) is 72.0. The van der Waals surface area contributed by atoms with Crippen molar-refractivity contribution in [3.8, 4) is 0 Å². The van der Waals surface area contributed by atoms with E-state index < -0.39 is 98.5 Å². The van der Waals surface area contributed by atoms with Gasteiger partial charge in [-0.15, -0.1) is 0 Å². The van der Waals surface area contributed by atoms with E-state index in [1.807, 2.05) is 0 Å². The van der Waals surface area contributed by atoms with Crippen LogP contribution in [0.4, 0.5) is 13.2 Å². The fraction of sp³-hybridized carbons (Fsp3) is 0.964. The molecule has 2 saturated carbocycles. The third kappa shape index (κ3) is 8.20. The Morgan fingerprint density at radius 2 is 1.48 bits per heavy atom. The molecule has 0 unspecified atom stereocenters. The molecular formula is C28H45F3O13. The Kier molecular flexibility index (Phi) is 12.3. The zero-order chi connectivity index (χ0) is 32.3. The molecule has 256 valence electrons. The van der Waals surface area contributed by atoms with Crippen molar-refractivity contribution in [1.82, 2.24) is 0 Å². The van der Waals surface area contributed by atoms with Gasteiger partial charge in [-0.1, -0.05) is 45.4 Å². The standard InChI is InChI=1S/C28H45F3O13/c1-12-6-5-9-14(22(12)43-26-20(36)18(34)19(35)24(44-26)28(29,30)31)41-27-21(37)23(17(33)16(11-32)42-27)40-15(25(38)39)10-13-7-3-2-4-8-13/h12-24,26-27,32-37H,2-11H2,1H3,(H,38,39)/t12-,14+,15-,16+,17-,18+,19-,20-,21+,22+,23-,24+,26+,27+/m0/s1. The fourth-order valence-corrected chi connectivity index (χ4v) is 6.72. The molecule has 2 aliphatic carbocycles. The number of carboxylic acid groups (broad SMARTS) is 1. The van der Waals surface area contributed by atoms with Gasteiger partial charge < -0.3 is 59.4 Å². The van der Waals surface area contributed by atoms with Crippen LogP contribution < -0.4 is 0 Å². The molecule has 16 heteroatoms. The van der Waals surface area contributed by atoms with Crippen molar-refractivity contribution < 1.29 is 77.4 Å². The van der Waals surface area contributed by atoms with E-state index >= 15 is 0 Å². The lowest BCUT2D eigenvalue weighted by Crippen LogP contribution is -2.64.